The standard InChI is InChI=1S/C11H7F2NO6/c12-11(13)20-10-6(2-4-9(16)17)1-3-8(14(18)19)7(10)5-15/h1-5,11H,(H,16,17)/b4-2+. The molecular weight excluding hydrogens is 280 g/mol. The molecule has 9 heteroatoms. The summed E-state index contributed by atoms with van der Waals surface area (Å²) >= 11 is 0. The van der Waals surface area contributed by atoms with Gasteiger partial charge in [-0.05, 0) is 12.1 Å². The molecule has 0 amide bonds. The maximum Gasteiger partial charge on any atom is 0.387 e. The lowest BCUT2D eigenvalue weighted by atomic mass is 10.1. The van der Waals surface area contributed by atoms with Crippen LogP contribution in [0.3, 0.4) is 0 Å². The second kappa shape index (κ2) is 6.36. The molecule has 0 radical (unpaired) electrons. The first-order valence-corrected chi connectivity index (χ1v) is 4.99. The van der Waals surface area contributed by atoms with Gasteiger partial charge < -0.3 is 9.84 Å². The van der Waals surface area contributed by atoms with E-state index in [-0.39, 0.29) is 11.8 Å². The van der Waals surface area contributed by atoms with Gasteiger partial charge in [-0.25, -0.2) is 4.79 Å². The molecule has 0 aliphatic rings. The Kier molecular flexibility index (Phi) is 4.84. The van der Waals surface area contributed by atoms with Gasteiger partial charge in [-0.1, -0.05) is 0 Å². The third-order valence-electron chi connectivity index (χ3n) is 2.13. The summed E-state index contributed by atoms with van der Waals surface area (Å²) in [5.41, 5.74) is -1.61. The van der Waals surface area contributed by atoms with Crippen molar-refractivity contribution in [3.63, 3.8) is 0 Å². The van der Waals surface area contributed by atoms with Crippen LogP contribution in [-0.2, 0) is 4.79 Å². The summed E-state index contributed by atoms with van der Waals surface area (Å²) in [7, 11) is 0. The fourth-order valence-electron chi connectivity index (χ4n) is 1.39. The molecule has 7 nitrogen and oxygen atoms in total. The number of hydrogen-bond donors (Lipinski definition) is 1. The van der Waals surface area contributed by atoms with Crippen molar-refractivity contribution in [1.82, 2.24) is 0 Å². The fourth-order valence-corrected chi connectivity index (χ4v) is 1.39. The molecule has 0 saturated carbocycles. The predicted molar refractivity (Wildman–Crippen MR) is 61.8 cm³/mol. The Hall–Kier alpha value is -2.84. The van der Waals surface area contributed by atoms with Crippen molar-refractivity contribution in [1.29, 1.82) is 0 Å². The number of hydrogen-bond acceptors (Lipinski definition) is 5. The van der Waals surface area contributed by atoms with Crippen molar-refractivity contribution in [2.75, 3.05) is 0 Å². The van der Waals surface area contributed by atoms with Crippen LogP contribution in [0.25, 0.3) is 6.08 Å². The molecule has 0 aliphatic carbocycles. The summed E-state index contributed by atoms with van der Waals surface area (Å²) in [6.07, 6.45) is 1.50. The van der Waals surface area contributed by atoms with Gasteiger partial charge >= 0.3 is 12.6 Å². The minimum Gasteiger partial charge on any atom is -0.478 e. The highest BCUT2D eigenvalue weighted by Gasteiger charge is 2.23. The van der Waals surface area contributed by atoms with Crippen LogP contribution in [0.15, 0.2) is 18.2 Å². The van der Waals surface area contributed by atoms with Crippen molar-refractivity contribution >= 4 is 24.0 Å². The first kappa shape index (κ1) is 15.2. The Bertz CT molecular complexity index is 585. The molecule has 1 rings (SSSR count). The second-order valence-corrected chi connectivity index (χ2v) is 3.34. The number of carboxylic acids is 1. The van der Waals surface area contributed by atoms with E-state index in [0.29, 0.717) is 6.08 Å². The van der Waals surface area contributed by atoms with E-state index in [1.807, 2.05) is 0 Å². The monoisotopic (exact) mass is 287 g/mol. The third-order valence-corrected chi connectivity index (χ3v) is 2.13. The maximum atomic E-state index is 12.3. The number of carbonyl (C=O) groups is 2. The zero-order valence-corrected chi connectivity index (χ0v) is 9.66. The van der Waals surface area contributed by atoms with Crippen LogP contribution < -0.4 is 4.74 Å². The average Bonchev–Trinajstić information content (AvgIpc) is 2.35. The first-order valence-electron chi connectivity index (χ1n) is 4.99. The molecule has 0 fully saturated rings. The van der Waals surface area contributed by atoms with Crippen molar-refractivity contribution in [3.8, 4) is 5.75 Å². The molecule has 0 unspecified atom stereocenters. The number of nitrogens with zero attached hydrogens (tertiary/aromatic N) is 1. The molecule has 20 heavy (non-hydrogen) atoms. The maximum absolute atomic E-state index is 12.3. The van der Waals surface area contributed by atoms with Crippen LogP contribution in [0.1, 0.15) is 15.9 Å². The second-order valence-electron chi connectivity index (χ2n) is 3.34. The van der Waals surface area contributed by atoms with Gasteiger partial charge in [0.1, 0.15) is 5.56 Å². The molecular formula is C11H7F2NO6. The molecule has 0 atom stereocenters. The van der Waals surface area contributed by atoms with Gasteiger partial charge in [-0.15, -0.1) is 0 Å². The number of aliphatic carboxylic acids is 1. The summed E-state index contributed by atoms with van der Waals surface area (Å²) in [5, 5.41) is 19.2. The first-order chi connectivity index (χ1) is 9.36. The van der Waals surface area contributed by atoms with Gasteiger partial charge in [0, 0.05) is 17.7 Å². The lowest BCUT2D eigenvalue weighted by Gasteiger charge is -2.10. The van der Waals surface area contributed by atoms with E-state index >= 15 is 0 Å². The molecule has 0 bridgehead atoms. The Morgan fingerprint density at radius 1 is 1.45 bits per heavy atom. The zero-order chi connectivity index (χ0) is 15.3. The molecule has 1 N–H and O–H groups in total. The van der Waals surface area contributed by atoms with Crippen molar-refractivity contribution < 1.29 is 33.1 Å². The molecule has 1 aromatic carbocycles. The van der Waals surface area contributed by atoms with E-state index in [1.165, 1.54) is 0 Å². The Labute approximate surface area is 110 Å². The van der Waals surface area contributed by atoms with Gasteiger partial charge in [0.15, 0.2) is 12.0 Å². The molecule has 106 valence electrons. The Morgan fingerprint density at radius 3 is 2.55 bits per heavy atom. The zero-order valence-electron chi connectivity index (χ0n) is 9.66. The van der Waals surface area contributed by atoms with Crippen LogP contribution in [-0.4, -0.2) is 28.9 Å². The fraction of sp³-hybridized carbons (Fsp3) is 0.0909. The molecule has 0 aromatic heterocycles. The molecule has 0 spiro atoms. The number of alkyl halides is 2. The predicted octanol–water partition coefficient (Wildman–Crippen LogP) is 2.11. The van der Waals surface area contributed by atoms with E-state index < -0.39 is 34.5 Å². The SMILES string of the molecule is O=Cc1c([N+](=O)[O-])ccc(/C=C/C(=O)O)c1OC(F)F. The lowest BCUT2D eigenvalue weighted by molar-refractivity contribution is -0.385. The van der Waals surface area contributed by atoms with Crippen molar-refractivity contribution in [3.05, 3.63) is 39.4 Å². The summed E-state index contributed by atoms with van der Waals surface area (Å²) in [6.45, 7) is -3.33. The van der Waals surface area contributed by atoms with Gasteiger partial charge in [0.05, 0.1) is 4.92 Å². The number of benzene rings is 1. The highest BCUT2D eigenvalue weighted by molar-refractivity contribution is 5.91. The van der Waals surface area contributed by atoms with E-state index in [9.17, 15) is 28.5 Å². The number of aldehydes is 1. The minimum absolute atomic E-state index is 0.00600. The quantitative estimate of drug-likeness (QED) is 0.371. The highest BCUT2D eigenvalue weighted by atomic mass is 19.3. The van der Waals surface area contributed by atoms with Gasteiger partial charge in [0.25, 0.3) is 5.69 Å². The smallest absolute Gasteiger partial charge is 0.387 e. The lowest BCUT2D eigenvalue weighted by Crippen LogP contribution is -2.08. The number of halogens is 2. The third kappa shape index (κ3) is 3.57. The number of carboxylic acid groups (broad SMARTS) is 1. The van der Waals surface area contributed by atoms with E-state index in [4.69, 9.17) is 5.11 Å². The average molecular weight is 287 g/mol. The summed E-state index contributed by atoms with van der Waals surface area (Å²) in [6, 6.07) is 1.89. The van der Waals surface area contributed by atoms with Crippen LogP contribution in [0.5, 0.6) is 5.75 Å². The number of nitro benzene ring substituents is 1. The van der Waals surface area contributed by atoms with Crippen LogP contribution >= 0.6 is 0 Å². The van der Waals surface area contributed by atoms with E-state index in [0.717, 1.165) is 18.2 Å². The van der Waals surface area contributed by atoms with Crippen LogP contribution in [0.4, 0.5) is 14.5 Å². The molecule has 0 heterocycles. The van der Waals surface area contributed by atoms with Crippen molar-refractivity contribution in [2.45, 2.75) is 6.61 Å². The van der Waals surface area contributed by atoms with Crippen LogP contribution in [0, 0.1) is 10.1 Å². The number of rotatable bonds is 6. The van der Waals surface area contributed by atoms with E-state index in [1.54, 1.807) is 0 Å². The largest absolute Gasteiger partial charge is 0.478 e. The molecule has 1 aromatic rings. The Morgan fingerprint density at radius 2 is 2.10 bits per heavy atom. The minimum atomic E-state index is -3.33. The van der Waals surface area contributed by atoms with Crippen LogP contribution in [0.2, 0.25) is 0 Å². The number of ether oxygens (including phenoxy) is 1. The van der Waals surface area contributed by atoms with Crippen molar-refractivity contribution in [2.24, 2.45) is 0 Å². The summed E-state index contributed by atoms with van der Waals surface area (Å²) in [5.74, 6) is -2.11. The van der Waals surface area contributed by atoms with Gasteiger partial charge in [0.2, 0.25) is 0 Å². The summed E-state index contributed by atoms with van der Waals surface area (Å²) < 4.78 is 28.7. The topological polar surface area (TPSA) is 107 Å². The van der Waals surface area contributed by atoms with Gasteiger partial charge in [-0.3, -0.25) is 14.9 Å². The number of carbonyl (C=O) groups excluding carboxylic acids is 1. The Balaban J connectivity index is 3.48. The number of nitro groups is 1. The highest BCUT2D eigenvalue weighted by Crippen LogP contribution is 2.32. The van der Waals surface area contributed by atoms with E-state index in [2.05, 4.69) is 4.74 Å². The summed E-state index contributed by atoms with van der Waals surface area (Å²) in [4.78, 5) is 31.0. The molecule has 0 saturated heterocycles. The van der Waals surface area contributed by atoms with Gasteiger partial charge in [-0.2, -0.15) is 8.78 Å². The normalized spacial score (nSPS) is 10.8. The molecule has 0 aliphatic heterocycles.